The molecule has 0 aliphatic heterocycles. The van der Waals surface area contributed by atoms with Crippen molar-refractivity contribution < 1.29 is 15.3 Å². The van der Waals surface area contributed by atoms with Crippen molar-refractivity contribution in [3.8, 4) is 0 Å². The Bertz CT molecular complexity index is 1150. The summed E-state index contributed by atoms with van der Waals surface area (Å²) in [6.45, 7) is 9.18. The van der Waals surface area contributed by atoms with Gasteiger partial charge in [0.25, 0.3) is 0 Å². The summed E-state index contributed by atoms with van der Waals surface area (Å²) in [7, 11) is 0. The molecule has 0 radical (unpaired) electrons. The van der Waals surface area contributed by atoms with Crippen LogP contribution in [0.4, 0.5) is 0 Å². The third kappa shape index (κ3) is 3.98. The quantitative estimate of drug-likeness (QED) is 0.512. The van der Waals surface area contributed by atoms with Crippen molar-refractivity contribution in [2.75, 3.05) is 0 Å². The molecule has 0 saturated heterocycles. The number of para-hydroxylation sites is 1. The van der Waals surface area contributed by atoms with E-state index in [1.54, 1.807) is 0 Å². The molecule has 2 aromatic rings. The fourth-order valence-electron chi connectivity index (χ4n) is 10.1. The number of benzene rings is 1. The van der Waals surface area contributed by atoms with Gasteiger partial charge in [0.05, 0.1) is 23.8 Å². The van der Waals surface area contributed by atoms with Gasteiger partial charge in [-0.05, 0) is 111 Å². The van der Waals surface area contributed by atoms with E-state index in [2.05, 4.69) is 39.8 Å². The molecule has 0 amide bonds. The number of aryl methyl sites for hydroxylation is 2. The summed E-state index contributed by atoms with van der Waals surface area (Å²) in [6, 6.07) is 8.24. The van der Waals surface area contributed by atoms with Gasteiger partial charge in [-0.25, -0.2) is 9.97 Å². The number of nitrogens with zero attached hydrogens (tertiary/aromatic N) is 2. The zero-order valence-electron chi connectivity index (χ0n) is 23.1. The molecular weight excluding hydrogens is 460 g/mol. The number of aliphatic hydroxyl groups excluding tert-OH is 3. The van der Waals surface area contributed by atoms with E-state index in [-0.39, 0.29) is 35.1 Å². The second-order valence-electron chi connectivity index (χ2n) is 13.8. The van der Waals surface area contributed by atoms with E-state index in [1.807, 2.05) is 12.1 Å². The van der Waals surface area contributed by atoms with Gasteiger partial charge in [0.2, 0.25) is 0 Å². The Kier molecular flexibility index (Phi) is 6.44. The highest BCUT2D eigenvalue weighted by molar-refractivity contribution is 5.80. The van der Waals surface area contributed by atoms with Gasteiger partial charge in [0.1, 0.15) is 5.82 Å². The van der Waals surface area contributed by atoms with Crippen LogP contribution in [0.3, 0.4) is 0 Å². The fourth-order valence-corrected chi connectivity index (χ4v) is 10.1. The average Bonchev–Trinajstić information content (AvgIpc) is 3.23. The molecular formula is C32H46N2O3. The van der Waals surface area contributed by atoms with Gasteiger partial charge in [-0.1, -0.05) is 39.0 Å². The summed E-state index contributed by atoms with van der Waals surface area (Å²) in [4.78, 5) is 9.67. The molecule has 202 valence electrons. The number of rotatable bonds is 4. The predicted molar refractivity (Wildman–Crippen MR) is 146 cm³/mol. The zero-order chi connectivity index (χ0) is 26.1. The minimum atomic E-state index is -0.331. The second-order valence-corrected chi connectivity index (χ2v) is 13.8. The van der Waals surface area contributed by atoms with E-state index in [0.29, 0.717) is 29.6 Å². The van der Waals surface area contributed by atoms with Crippen molar-refractivity contribution in [1.29, 1.82) is 0 Å². The molecule has 5 nitrogen and oxygen atoms in total. The molecule has 0 bridgehead atoms. The van der Waals surface area contributed by atoms with Crippen LogP contribution in [0.5, 0.6) is 0 Å². The molecule has 1 aromatic carbocycles. The molecule has 4 saturated carbocycles. The molecule has 0 spiro atoms. The molecule has 1 unspecified atom stereocenters. The smallest absolute Gasteiger partial charge is 0.129 e. The van der Waals surface area contributed by atoms with Crippen LogP contribution in [0.25, 0.3) is 10.9 Å². The molecule has 4 aliphatic carbocycles. The minimum absolute atomic E-state index is 0.125. The lowest BCUT2D eigenvalue weighted by atomic mass is 9.43. The molecule has 4 fully saturated rings. The lowest BCUT2D eigenvalue weighted by molar-refractivity contribution is -0.207. The zero-order valence-corrected chi connectivity index (χ0v) is 23.1. The molecule has 4 aliphatic rings. The largest absolute Gasteiger partial charge is 0.393 e. The summed E-state index contributed by atoms with van der Waals surface area (Å²) >= 11 is 0. The van der Waals surface area contributed by atoms with Crippen LogP contribution in [0, 0.1) is 53.3 Å². The van der Waals surface area contributed by atoms with Gasteiger partial charge in [-0.15, -0.1) is 0 Å². The van der Waals surface area contributed by atoms with Gasteiger partial charge in [0, 0.05) is 17.5 Å². The summed E-state index contributed by atoms with van der Waals surface area (Å²) < 4.78 is 0. The van der Waals surface area contributed by atoms with Gasteiger partial charge >= 0.3 is 0 Å². The van der Waals surface area contributed by atoms with Gasteiger partial charge in [0.15, 0.2) is 0 Å². The molecule has 11 atom stereocenters. The number of aliphatic hydroxyl groups is 3. The van der Waals surface area contributed by atoms with Crippen LogP contribution in [0.1, 0.15) is 83.7 Å². The van der Waals surface area contributed by atoms with E-state index in [1.165, 1.54) is 0 Å². The van der Waals surface area contributed by atoms with E-state index in [0.717, 1.165) is 80.2 Å². The maximum Gasteiger partial charge on any atom is 0.129 e. The standard InChI is InChI=1S/C32H46N2O3/c1-18(9-12-29-33-19(2)22-7-5-6-8-26(22)34-29)23-10-11-24-30-25(17-28(37)32(23,24)4)31(3)14-13-21(35)15-20(31)16-27(30)36/h5-8,18,20-21,23-25,27-28,30,35-37H,9-17H2,1-4H3/t18-,20+,21-,23-,24+,25?,27-,28+,30+,31+,32-/m1/s1. The third-order valence-corrected chi connectivity index (χ3v) is 12.2. The Morgan fingerprint density at radius 3 is 2.57 bits per heavy atom. The summed E-state index contributed by atoms with van der Waals surface area (Å²) in [5.74, 6) is 3.19. The Balaban J connectivity index is 1.21. The number of aromatic nitrogens is 2. The molecule has 5 heteroatoms. The van der Waals surface area contributed by atoms with E-state index < -0.39 is 0 Å². The number of hydrogen-bond acceptors (Lipinski definition) is 5. The Labute approximate surface area is 222 Å². The van der Waals surface area contributed by atoms with Gasteiger partial charge < -0.3 is 15.3 Å². The van der Waals surface area contributed by atoms with Crippen molar-refractivity contribution in [1.82, 2.24) is 9.97 Å². The van der Waals surface area contributed by atoms with Crippen LogP contribution < -0.4 is 0 Å². The Hall–Kier alpha value is -1.56. The van der Waals surface area contributed by atoms with Crippen molar-refractivity contribution in [2.45, 2.75) is 104 Å². The van der Waals surface area contributed by atoms with Gasteiger partial charge in [-0.3, -0.25) is 0 Å². The van der Waals surface area contributed by atoms with Crippen LogP contribution in [-0.2, 0) is 6.42 Å². The minimum Gasteiger partial charge on any atom is -0.393 e. The maximum absolute atomic E-state index is 11.8. The van der Waals surface area contributed by atoms with Crippen molar-refractivity contribution >= 4 is 10.9 Å². The van der Waals surface area contributed by atoms with Crippen LogP contribution >= 0.6 is 0 Å². The monoisotopic (exact) mass is 506 g/mol. The summed E-state index contributed by atoms with van der Waals surface area (Å²) in [5, 5.41) is 34.8. The number of fused-ring (bicyclic) bond motifs is 6. The molecule has 6 rings (SSSR count). The van der Waals surface area contributed by atoms with Gasteiger partial charge in [-0.2, -0.15) is 0 Å². The Morgan fingerprint density at radius 1 is 0.973 bits per heavy atom. The molecule has 1 aromatic heterocycles. The fraction of sp³-hybridized carbons (Fsp3) is 0.750. The summed E-state index contributed by atoms with van der Waals surface area (Å²) in [5.41, 5.74) is 2.04. The maximum atomic E-state index is 11.8. The normalized spacial score (nSPS) is 44.2. The second kappa shape index (κ2) is 9.27. The first-order valence-corrected chi connectivity index (χ1v) is 14.9. The van der Waals surface area contributed by atoms with E-state index >= 15 is 0 Å². The van der Waals surface area contributed by atoms with E-state index in [9.17, 15) is 15.3 Å². The molecule has 37 heavy (non-hydrogen) atoms. The predicted octanol–water partition coefficient (Wildman–Crippen LogP) is 5.47. The highest BCUT2D eigenvalue weighted by Crippen LogP contribution is 2.68. The molecule has 3 N–H and O–H groups in total. The SMILES string of the molecule is Cc1nc(CC[C@@H](C)[C@H]2CC[C@H]3[C@H]4C(C[C@H](O)[C@]23C)[C@@]2(C)CC[C@@H](O)C[C@H]2C[C@H]4O)nc2ccccc12. The molecule has 1 heterocycles. The average molecular weight is 507 g/mol. The lowest BCUT2D eigenvalue weighted by Gasteiger charge is -2.63. The topological polar surface area (TPSA) is 86.5 Å². The van der Waals surface area contributed by atoms with E-state index in [4.69, 9.17) is 9.97 Å². The third-order valence-electron chi connectivity index (χ3n) is 12.2. The number of hydrogen-bond donors (Lipinski definition) is 3. The summed E-state index contributed by atoms with van der Waals surface area (Å²) in [6.07, 6.45) is 7.55. The van der Waals surface area contributed by atoms with Crippen molar-refractivity contribution in [2.24, 2.45) is 46.3 Å². The highest BCUT2D eigenvalue weighted by Gasteiger charge is 2.65. The highest BCUT2D eigenvalue weighted by atomic mass is 16.3. The van der Waals surface area contributed by atoms with Crippen LogP contribution in [-0.4, -0.2) is 43.6 Å². The first-order chi connectivity index (χ1) is 17.6. The Morgan fingerprint density at radius 2 is 1.76 bits per heavy atom. The first kappa shape index (κ1) is 25.7. The van der Waals surface area contributed by atoms with Crippen LogP contribution in [0.2, 0.25) is 0 Å². The first-order valence-electron chi connectivity index (χ1n) is 14.9. The lowest BCUT2D eigenvalue weighted by Crippen LogP contribution is -2.62. The van der Waals surface area contributed by atoms with Crippen molar-refractivity contribution in [3.63, 3.8) is 0 Å². The van der Waals surface area contributed by atoms with Crippen molar-refractivity contribution in [3.05, 3.63) is 35.8 Å². The van der Waals surface area contributed by atoms with Crippen LogP contribution in [0.15, 0.2) is 24.3 Å².